The van der Waals surface area contributed by atoms with Crippen LogP contribution in [-0.2, 0) is 19.8 Å². The summed E-state index contributed by atoms with van der Waals surface area (Å²) in [6, 6.07) is 7.08. The van der Waals surface area contributed by atoms with Crippen molar-refractivity contribution >= 4 is 23.7 Å². The van der Waals surface area contributed by atoms with Crippen LogP contribution in [0.3, 0.4) is 0 Å². The van der Waals surface area contributed by atoms with Gasteiger partial charge in [0.05, 0.1) is 46.4 Å². The molecule has 0 aromatic heterocycles. The second-order valence-corrected chi connectivity index (χ2v) is 10.2. The van der Waals surface area contributed by atoms with Crippen molar-refractivity contribution in [1.29, 1.82) is 0 Å². The van der Waals surface area contributed by atoms with Crippen LogP contribution in [0.25, 0.3) is 11.6 Å². The molecule has 0 radical (unpaired) electrons. The van der Waals surface area contributed by atoms with Gasteiger partial charge in [0.1, 0.15) is 13.2 Å². The van der Waals surface area contributed by atoms with Gasteiger partial charge in [-0.15, -0.1) is 0 Å². The fraction of sp³-hybridized carbons (Fsp3) is 0.484. The summed E-state index contributed by atoms with van der Waals surface area (Å²) >= 11 is 0. The Morgan fingerprint density at radius 2 is 1.62 bits per heavy atom. The number of rotatable bonds is 9. The van der Waals surface area contributed by atoms with E-state index in [0.29, 0.717) is 42.6 Å². The third-order valence-electron chi connectivity index (χ3n) is 8.18. The van der Waals surface area contributed by atoms with E-state index in [1.165, 1.54) is 14.2 Å². The molecule has 3 aliphatic rings. The second-order valence-electron chi connectivity index (χ2n) is 10.2. The molecule has 0 N–H and O–H groups in total. The van der Waals surface area contributed by atoms with Gasteiger partial charge < -0.3 is 28.4 Å². The van der Waals surface area contributed by atoms with E-state index in [9.17, 15) is 9.59 Å². The molecule has 0 saturated carbocycles. The normalized spacial score (nSPS) is 20.1. The quantitative estimate of drug-likeness (QED) is 0.282. The number of amides is 1. The number of esters is 1. The maximum Gasteiger partial charge on any atom is 0.411 e. The maximum absolute atomic E-state index is 13.9. The van der Waals surface area contributed by atoms with E-state index < -0.39 is 23.6 Å². The van der Waals surface area contributed by atoms with Crippen LogP contribution in [0.15, 0.2) is 24.3 Å². The minimum Gasteiger partial charge on any atom is -0.493 e. The number of unbranched alkanes of at least 4 members (excludes halogenated alkanes) is 3. The van der Waals surface area contributed by atoms with Crippen LogP contribution in [-0.4, -0.2) is 58.6 Å². The Balaban J connectivity index is 1.82. The predicted octanol–water partition coefficient (Wildman–Crippen LogP) is 5.88. The van der Waals surface area contributed by atoms with E-state index in [4.69, 9.17) is 28.4 Å². The summed E-state index contributed by atoms with van der Waals surface area (Å²) < 4.78 is 33.8. The van der Waals surface area contributed by atoms with Gasteiger partial charge in [-0.2, -0.15) is 0 Å². The number of hydrogen-bond acceptors (Lipinski definition) is 8. The Bertz CT molecular complexity index is 1340. The van der Waals surface area contributed by atoms with Gasteiger partial charge >= 0.3 is 12.1 Å². The van der Waals surface area contributed by atoms with Crippen LogP contribution in [0.2, 0.25) is 0 Å². The zero-order chi connectivity index (χ0) is 28.4. The topological polar surface area (TPSA) is 92.8 Å². The van der Waals surface area contributed by atoms with E-state index in [0.717, 1.165) is 53.5 Å². The zero-order valence-corrected chi connectivity index (χ0v) is 23.8. The molecule has 5 rings (SSSR count). The van der Waals surface area contributed by atoms with Crippen molar-refractivity contribution in [3.63, 3.8) is 0 Å². The third kappa shape index (κ3) is 4.41. The molecule has 0 spiro atoms. The standard InChI is InChI=1S/C31H37NO8/c1-6-7-8-9-10-31-22-17-28-27(39-11-12-40-28)14-19(22)13-23(31)20-15-25(35-2)26(36-3)16-21(20)24(18-29(33)37-4)32(31)30(34)38-5/h13-17,24H,6-12,18H2,1-5H3. The highest BCUT2D eigenvalue weighted by Gasteiger charge is 2.56. The smallest absolute Gasteiger partial charge is 0.411 e. The fourth-order valence-electron chi connectivity index (χ4n) is 6.39. The first-order valence-electron chi connectivity index (χ1n) is 13.8. The van der Waals surface area contributed by atoms with Crippen molar-refractivity contribution in [2.75, 3.05) is 41.7 Å². The summed E-state index contributed by atoms with van der Waals surface area (Å²) in [7, 11) is 5.88. The first-order valence-corrected chi connectivity index (χ1v) is 13.8. The Morgan fingerprint density at radius 1 is 0.925 bits per heavy atom. The molecule has 2 aliphatic heterocycles. The SMILES string of the molecule is CCCCCCC12C(=Cc3cc4c(cc31)OCCO4)c1cc(OC)c(OC)cc1C(CC(=O)OC)N2C(=O)OC. The van der Waals surface area contributed by atoms with E-state index in [1.807, 2.05) is 24.3 Å². The van der Waals surface area contributed by atoms with Gasteiger partial charge in [-0.3, -0.25) is 9.69 Å². The molecule has 0 saturated heterocycles. The lowest BCUT2D eigenvalue weighted by atomic mass is 9.71. The molecule has 2 heterocycles. The Morgan fingerprint density at radius 3 is 2.27 bits per heavy atom. The highest BCUT2D eigenvalue weighted by atomic mass is 16.6. The summed E-state index contributed by atoms with van der Waals surface area (Å²) in [4.78, 5) is 28.5. The van der Waals surface area contributed by atoms with Crippen molar-refractivity contribution in [2.45, 2.75) is 57.0 Å². The number of fused-ring (bicyclic) bond motifs is 6. The van der Waals surface area contributed by atoms with Crippen LogP contribution >= 0.6 is 0 Å². The van der Waals surface area contributed by atoms with Gasteiger partial charge in [0.2, 0.25) is 0 Å². The number of ether oxygens (including phenoxy) is 6. The Hall–Kier alpha value is -3.88. The van der Waals surface area contributed by atoms with Gasteiger partial charge in [-0.05, 0) is 64.6 Å². The van der Waals surface area contributed by atoms with E-state index in [1.54, 1.807) is 19.1 Å². The Labute approximate surface area is 234 Å². The first-order chi connectivity index (χ1) is 19.4. The molecular weight excluding hydrogens is 514 g/mol. The molecule has 0 bridgehead atoms. The van der Waals surface area contributed by atoms with Crippen molar-refractivity contribution in [2.24, 2.45) is 0 Å². The second kappa shape index (κ2) is 11.3. The van der Waals surface area contributed by atoms with Gasteiger partial charge in [0, 0.05) is 0 Å². The summed E-state index contributed by atoms with van der Waals surface area (Å²) in [5.74, 6) is 1.94. The van der Waals surface area contributed by atoms with Crippen LogP contribution in [0.1, 0.15) is 73.7 Å². The molecule has 1 amide bonds. The number of benzene rings is 2. The molecule has 214 valence electrons. The van der Waals surface area contributed by atoms with Crippen LogP contribution < -0.4 is 18.9 Å². The highest BCUT2D eigenvalue weighted by Crippen LogP contribution is 2.61. The zero-order valence-electron chi connectivity index (χ0n) is 23.8. The molecular formula is C31H37NO8. The summed E-state index contributed by atoms with van der Waals surface area (Å²) in [5, 5.41) is 0. The molecule has 2 aromatic rings. The monoisotopic (exact) mass is 551 g/mol. The summed E-state index contributed by atoms with van der Waals surface area (Å²) in [6.45, 7) is 3.09. The highest BCUT2D eigenvalue weighted by molar-refractivity contribution is 5.99. The van der Waals surface area contributed by atoms with Crippen molar-refractivity contribution in [1.82, 2.24) is 4.90 Å². The Kier molecular flexibility index (Phi) is 7.83. The number of hydrogen-bond donors (Lipinski definition) is 0. The van der Waals surface area contributed by atoms with E-state index in [-0.39, 0.29) is 6.42 Å². The van der Waals surface area contributed by atoms with E-state index in [2.05, 4.69) is 13.0 Å². The average molecular weight is 552 g/mol. The molecule has 1 aliphatic carbocycles. The fourth-order valence-corrected chi connectivity index (χ4v) is 6.39. The van der Waals surface area contributed by atoms with Gasteiger partial charge in [-0.1, -0.05) is 32.6 Å². The third-order valence-corrected chi connectivity index (χ3v) is 8.18. The maximum atomic E-state index is 13.9. The number of methoxy groups -OCH3 is 4. The largest absolute Gasteiger partial charge is 0.493 e. The van der Waals surface area contributed by atoms with Gasteiger partial charge in [0.25, 0.3) is 0 Å². The van der Waals surface area contributed by atoms with Crippen molar-refractivity contribution < 1.29 is 38.0 Å². The molecule has 2 unspecified atom stereocenters. The minimum atomic E-state index is -0.919. The molecule has 0 fully saturated rings. The number of carbonyl (C=O) groups excluding carboxylic acids is 2. The molecule has 9 heteroatoms. The number of nitrogens with zero attached hydrogens (tertiary/aromatic N) is 1. The summed E-state index contributed by atoms with van der Waals surface area (Å²) in [5.41, 5.74) is 3.51. The lowest BCUT2D eigenvalue weighted by Crippen LogP contribution is -2.54. The van der Waals surface area contributed by atoms with Crippen LogP contribution in [0, 0.1) is 0 Å². The van der Waals surface area contributed by atoms with Crippen molar-refractivity contribution in [3.05, 3.63) is 46.5 Å². The molecule has 40 heavy (non-hydrogen) atoms. The predicted molar refractivity (Wildman–Crippen MR) is 149 cm³/mol. The van der Waals surface area contributed by atoms with E-state index >= 15 is 0 Å². The van der Waals surface area contributed by atoms with Gasteiger partial charge in [-0.25, -0.2) is 4.79 Å². The van der Waals surface area contributed by atoms with Crippen molar-refractivity contribution in [3.8, 4) is 23.0 Å². The minimum absolute atomic E-state index is 0.0576. The lowest BCUT2D eigenvalue weighted by molar-refractivity contribution is -0.142. The number of carbonyl (C=O) groups is 2. The summed E-state index contributed by atoms with van der Waals surface area (Å²) in [6.07, 6.45) is 6.18. The molecule has 2 aromatic carbocycles. The first kappa shape index (κ1) is 27.7. The van der Waals surface area contributed by atoms with Gasteiger partial charge in [0.15, 0.2) is 23.0 Å². The van der Waals surface area contributed by atoms with Crippen LogP contribution in [0.5, 0.6) is 23.0 Å². The molecule has 2 atom stereocenters. The molecule has 9 nitrogen and oxygen atoms in total. The lowest BCUT2D eigenvalue weighted by Gasteiger charge is -2.51. The average Bonchev–Trinajstić information content (AvgIpc) is 3.30. The van der Waals surface area contributed by atoms with Crippen LogP contribution in [0.4, 0.5) is 4.79 Å².